The summed E-state index contributed by atoms with van der Waals surface area (Å²) in [5.74, 6) is -0.0415. The molecule has 0 atom stereocenters. The van der Waals surface area contributed by atoms with Gasteiger partial charge in [0.25, 0.3) is 5.69 Å². The molecule has 7 nitrogen and oxygen atoms in total. The molecular weight excluding hydrogens is 360 g/mol. The standard InChI is InChI=1S/C16H14N4O3S2/c1-3-19(10(2)21)16-17-11(9-24-16)4-7-15-18-13-6-5-12(20(22)23)8-14(13)25-15/h4-9H,3H2,1-2H3. The Labute approximate surface area is 151 Å². The second-order valence-corrected chi connectivity index (χ2v) is 7.01. The van der Waals surface area contributed by atoms with Gasteiger partial charge in [0.1, 0.15) is 5.01 Å². The van der Waals surface area contributed by atoms with Crippen LogP contribution in [-0.4, -0.2) is 27.3 Å². The number of anilines is 1. The highest BCUT2D eigenvalue weighted by atomic mass is 32.1. The van der Waals surface area contributed by atoms with Gasteiger partial charge in [0.05, 0.1) is 20.8 Å². The van der Waals surface area contributed by atoms with Crippen LogP contribution < -0.4 is 4.90 Å². The van der Waals surface area contributed by atoms with Gasteiger partial charge in [-0.3, -0.25) is 19.8 Å². The summed E-state index contributed by atoms with van der Waals surface area (Å²) in [7, 11) is 0. The van der Waals surface area contributed by atoms with Crippen molar-refractivity contribution in [2.45, 2.75) is 13.8 Å². The number of amides is 1. The lowest BCUT2D eigenvalue weighted by Crippen LogP contribution is -2.27. The molecule has 3 aromatic rings. The third kappa shape index (κ3) is 3.72. The van der Waals surface area contributed by atoms with Crippen molar-refractivity contribution in [1.82, 2.24) is 9.97 Å². The molecule has 25 heavy (non-hydrogen) atoms. The van der Waals surface area contributed by atoms with E-state index in [2.05, 4.69) is 9.97 Å². The van der Waals surface area contributed by atoms with Crippen molar-refractivity contribution in [1.29, 1.82) is 0 Å². The number of nitro groups is 1. The topological polar surface area (TPSA) is 89.2 Å². The zero-order valence-corrected chi connectivity index (χ0v) is 15.1. The van der Waals surface area contributed by atoms with Crippen LogP contribution in [0.3, 0.4) is 0 Å². The molecule has 2 aromatic heterocycles. The van der Waals surface area contributed by atoms with Crippen molar-refractivity contribution < 1.29 is 9.72 Å². The van der Waals surface area contributed by atoms with E-state index in [-0.39, 0.29) is 11.6 Å². The number of thiazole rings is 2. The molecule has 0 fully saturated rings. The normalized spacial score (nSPS) is 11.3. The first-order chi connectivity index (χ1) is 12.0. The highest BCUT2D eigenvalue weighted by Crippen LogP contribution is 2.28. The summed E-state index contributed by atoms with van der Waals surface area (Å²) >= 11 is 2.79. The summed E-state index contributed by atoms with van der Waals surface area (Å²) in [6.45, 7) is 3.99. The van der Waals surface area contributed by atoms with E-state index in [0.717, 1.165) is 20.9 Å². The van der Waals surface area contributed by atoms with Gasteiger partial charge in [0.15, 0.2) is 5.13 Å². The number of nitro benzene ring substituents is 1. The van der Waals surface area contributed by atoms with Gasteiger partial charge >= 0.3 is 0 Å². The molecule has 0 aliphatic carbocycles. The fourth-order valence-corrected chi connectivity index (χ4v) is 4.05. The first kappa shape index (κ1) is 17.2. The third-order valence-corrected chi connectivity index (χ3v) is 5.30. The Bertz CT molecular complexity index is 977. The molecule has 0 aliphatic heterocycles. The summed E-state index contributed by atoms with van der Waals surface area (Å²) in [5.41, 5.74) is 1.52. The van der Waals surface area contributed by atoms with Gasteiger partial charge in [-0.15, -0.1) is 22.7 Å². The minimum absolute atomic E-state index is 0.0415. The zero-order valence-electron chi connectivity index (χ0n) is 13.5. The molecule has 9 heteroatoms. The molecule has 0 bridgehead atoms. The summed E-state index contributed by atoms with van der Waals surface area (Å²) < 4.78 is 0.765. The maximum Gasteiger partial charge on any atom is 0.270 e. The van der Waals surface area contributed by atoms with E-state index in [4.69, 9.17) is 0 Å². The van der Waals surface area contributed by atoms with Crippen molar-refractivity contribution in [2.75, 3.05) is 11.4 Å². The van der Waals surface area contributed by atoms with E-state index in [1.165, 1.54) is 41.7 Å². The van der Waals surface area contributed by atoms with Crippen LogP contribution in [0.25, 0.3) is 22.4 Å². The SMILES string of the molecule is CCN(C(C)=O)c1nc(C=Cc2nc3ccc([N+](=O)[O-])cc3s2)cs1. The number of rotatable bonds is 5. The third-order valence-electron chi connectivity index (χ3n) is 3.43. The highest BCUT2D eigenvalue weighted by molar-refractivity contribution is 7.19. The minimum atomic E-state index is -0.417. The lowest BCUT2D eigenvalue weighted by Gasteiger charge is -2.14. The second kappa shape index (κ2) is 7.08. The van der Waals surface area contributed by atoms with Crippen LogP contribution in [0.1, 0.15) is 24.5 Å². The van der Waals surface area contributed by atoms with Gasteiger partial charge in [0, 0.05) is 31.0 Å². The summed E-state index contributed by atoms with van der Waals surface area (Å²) in [6, 6.07) is 4.62. The predicted molar refractivity (Wildman–Crippen MR) is 101 cm³/mol. The quantitative estimate of drug-likeness (QED) is 0.493. The Morgan fingerprint density at radius 1 is 1.36 bits per heavy atom. The first-order valence-electron chi connectivity index (χ1n) is 7.44. The number of hydrogen-bond donors (Lipinski definition) is 0. The van der Waals surface area contributed by atoms with Crippen molar-refractivity contribution in [3.8, 4) is 0 Å². The molecule has 1 aromatic carbocycles. The largest absolute Gasteiger partial charge is 0.289 e. The number of nitrogens with zero attached hydrogens (tertiary/aromatic N) is 4. The highest BCUT2D eigenvalue weighted by Gasteiger charge is 2.13. The predicted octanol–water partition coefficient (Wildman–Crippen LogP) is 4.20. The number of fused-ring (bicyclic) bond motifs is 1. The number of carbonyl (C=O) groups excluding carboxylic acids is 1. The van der Waals surface area contributed by atoms with E-state index in [1.54, 1.807) is 11.0 Å². The Morgan fingerprint density at radius 3 is 2.84 bits per heavy atom. The monoisotopic (exact) mass is 374 g/mol. The number of non-ortho nitro benzene ring substituents is 1. The molecule has 0 spiro atoms. The molecule has 0 saturated carbocycles. The molecule has 1 amide bonds. The van der Waals surface area contributed by atoms with Crippen LogP contribution in [0.15, 0.2) is 23.6 Å². The maximum absolute atomic E-state index is 11.6. The van der Waals surface area contributed by atoms with Crippen molar-refractivity contribution in [3.05, 3.63) is 44.4 Å². The average Bonchev–Trinajstić information content (AvgIpc) is 3.18. The van der Waals surface area contributed by atoms with Crippen LogP contribution in [0.2, 0.25) is 0 Å². The molecule has 2 heterocycles. The first-order valence-corrected chi connectivity index (χ1v) is 9.14. The van der Waals surface area contributed by atoms with E-state index in [0.29, 0.717) is 11.7 Å². The van der Waals surface area contributed by atoms with Crippen LogP contribution in [0.5, 0.6) is 0 Å². The maximum atomic E-state index is 11.6. The Kier molecular flexibility index (Phi) is 4.86. The number of aromatic nitrogens is 2. The molecule has 0 radical (unpaired) electrons. The van der Waals surface area contributed by atoms with Crippen molar-refractivity contribution in [2.24, 2.45) is 0 Å². The summed E-state index contributed by atoms with van der Waals surface area (Å²) in [4.78, 5) is 32.5. The van der Waals surface area contributed by atoms with Crippen LogP contribution in [0.4, 0.5) is 10.8 Å². The molecular formula is C16H14N4O3S2. The number of benzene rings is 1. The molecule has 3 rings (SSSR count). The Morgan fingerprint density at radius 2 is 2.16 bits per heavy atom. The average molecular weight is 374 g/mol. The smallest absolute Gasteiger partial charge is 0.270 e. The van der Waals surface area contributed by atoms with Gasteiger partial charge in [-0.25, -0.2) is 9.97 Å². The van der Waals surface area contributed by atoms with Crippen LogP contribution in [-0.2, 0) is 4.79 Å². The van der Waals surface area contributed by atoms with Gasteiger partial charge < -0.3 is 0 Å². The zero-order chi connectivity index (χ0) is 18.0. The Balaban J connectivity index is 1.82. The lowest BCUT2D eigenvalue weighted by molar-refractivity contribution is -0.384. The van der Waals surface area contributed by atoms with Gasteiger partial charge in [0.2, 0.25) is 5.91 Å². The van der Waals surface area contributed by atoms with E-state index < -0.39 is 4.92 Å². The van der Waals surface area contributed by atoms with E-state index in [9.17, 15) is 14.9 Å². The van der Waals surface area contributed by atoms with Gasteiger partial charge in [-0.2, -0.15) is 0 Å². The van der Waals surface area contributed by atoms with Crippen LogP contribution in [0, 0.1) is 10.1 Å². The molecule has 0 saturated heterocycles. The molecule has 0 N–H and O–H groups in total. The summed E-state index contributed by atoms with van der Waals surface area (Å²) in [5, 5.41) is 14.1. The summed E-state index contributed by atoms with van der Waals surface area (Å²) in [6.07, 6.45) is 3.64. The molecule has 0 unspecified atom stereocenters. The van der Waals surface area contributed by atoms with Crippen molar-refractivity contribution in [3.63, 3.8) is 0 Å². The van der Waals surface area contributed by atoms with Crippen LogP contribution >= 0.6 is 22.7 Å². The minimum Gasteiger partial charge on any atom is -0.289 e. The second-order valence-electron chi connectivity index (χ2n) is 5.11. The molecule has 0 aliphatic rings. The van der Waals surface area contributed by atoms with Gasteiger partial charge in [-0.1, -0.05) is 0 Å². The van der Waals surface area contributed by atoms with E-state index in [1.807, 2.05) is 24.5 Å². The number of carbonyl (C=O) groups is 1. The Hall–Kier alpha value is -2.65. The fourth-order valence-electron chi connectivity index (χ4n) is 2.24. The molecule has 128 valence electrons. The van der Waals surface area contributed by atoms with Gasteiger partial charge in [-0.05, 0) is 25.1 Å². The number of hydrogen-bond acceptors (Lipinski definition) is 7. The lowest BCUT2D eigenvalue weighted by atomic mass is 10.3. The van der Waals surface area contributed by atoms with E-state index >= 15 is 0 Å². The van der Waals surface area contributed by atoms with Crippen molar-refractivity contribution >= 4 is 61.8 Å². The fraction of sp³-hybridized carbons (Fsp3) is 0.188.